The number of hydrogen-bond acceptors (Lipinski definition) is 5. The standard InChI is InChI=1S/C12H14N2O2S/c1-3-16-12(15)6-9(2)17-11-5-4-10(7-13)8-14-11/h4-5,8-9H,3,6H2,1-2H3. The lowest BCUT2D eigenvalue weighted by Crippen LogP contribution is -2.10. The van der Waals surface area contributed by atoms with Gasteiger partial charge < -0.3 is 4.74 Å². The number of rotatable bonds is 5. The molecule has 0 aliphatic carbocycles. The van der Waals surface area contributed by atoms with Crippen molar-refractivity contribution >= 4 is 17.7 Å². The molecule has 0 saturated carbocycles. The molecular formula is C12H14N2O2S. The van der Waals surface area contributed by atoms with Crippen LogP contribution in [0.5, 0.6) is 0 Å². The molecule has 0 bridgehead atoms. The third-order valence-corrected chi connectivity index (χ3v) is 3.00. The quantitative estimate of drug-likeness (QED) is 0.593. The number of carbonyl (C=O) groups excluding carboxylic acids is 1. The van der Waals surface area contributed by atoms with Gasteiger partial charge in [-0.2, -0.15) is 5.26 Å². The summed E-state index contributed by atoms with van der Waals surface area (Å²) in [5, 5.41) is 9.54. The molecule has 0 N–H and O–H groups in total. The molecule has 0 spiro atoms. The zero-order valence-corrected chi connectivity index (χ0v) is 10.7. The smallest absolute Gasteiger partial charge is 0.306 e. The predicted octanol–water partition coefficient (Wildman–Crippen LogP) is 2.39. The number of nitrogens with zero attached hydrogens (tertiary/aromatic N) is 2. The summed E-state index contributed by atoms with van der Waals surface area (Å²) < 4.78 is 4.87. The molecule has 1 unspecified atom stereocenters. The van der Waals surface area contributed by atoms with Crippen molar-refractivity contribution in [2.75, 3.05) is 6.61 Å². The van der Waals surface area contributed by atoms with Crippen molar-refractivity contribution < 1.29 is 9.53 Å². The van der Waals surface area contributed by atoms with Crippen molar-refractivity contribution in [3.63, 3.8) is 0 Å². The van der Waals surface area contributed by atoms with E-state index in [-0.39, 0.29) is 11.2 Å². The Morgan fingerprint density at radius 1 is 1.65 bits per heavy atom. The molecule has 0 aliphatic heterocycles. The second kappa shape index (κ2) is 6.92. The number of carbonyl (C=O) groups is 1. The summed E-state index contributed by atoms with van der Waals surface area (Å²) in [6, 6.07) is 5.51. The van der Waals surface area contributed by atoms with Gasteiger partial charge in [0.1, 0.15) is 6.07 Å². The van der Waals surface area contributed by atoms with Gasteiger partial charge in [-0.15, -0.1) is 11.8 Å². The lowest BCUT2D eigenvalue weighted by Gasteiger charge is -2.09. The van der Waals surface area contributed by atoms with Gasteiger partial charge in [0.05, 0.1) is 23.6 Å². The zero-order chi connectivity index (χ0) is 12.7. The van der Waals surface area contributed by atoms with Crippen LogP contribution >= 0.6 is 11.8 Å². The highest BCUT2D eigenvalue weighted by Crippen LogP contribution is 2.23. The van der Waals surface area contributed by atoms with Crippen molar-refractivity contribution in [2.24, 2.45) is 0 Å². The second-order valence-corrected chi connectivity index (χ2v) is 4.89. The molecule has 1 aromatic rings. The first-order chi connectivity index (χ1) is 8.15. The summed E-state index contributed by atoms with van der Waals surface area (Å²) in [6.45, 7) is 4.14. The van der Waals surface area contributed by atoms with Crippen LogP contribution in [-0.4, -0.2) is 22.8 Å². The van der Waals surface area contributed by atoms with Crippen LogP contribution in [0.25, 0.3) is 0 Å². The van der Waals surface area contributed by atoms with E-state index in [2.05, 4.69) is 4.98 Å². The number of pyridine rings is 1. The highest BCUT2D eigenvalue weighted by molar-refractivity contribution is 7.99. The van der Waals surface area contributed by atoms with Crippen molar-refractivity contribution in [1.29, 1.82) is 5.26 Å². The molecule has 0 aliphatic rings. The van der Waals surface area contributed by atoms with E-state index in [1.54, 1.807) is 19.1 Å². The van der Waals surface area contributed by atoms with Crippen molar-refractivity contribution in [3.8, 4) is 6.07 Å². The van der Waals surface area contributed by atoms with Crippen molar-refractivity contribution in [3.05, 3.63) is 23.9 Å². The normalized spacial score (nSPS) is 11.6. The molecule has 90 valence electrons. The van der Waals surface area contributed by atoms with E-state index < -0.39 is 0 Å². The minimum atomic E-state index is -0.193. The summed E-state index contributed by atoms with van der Waals surface area (Å²) in [4.78, 5) is 15.4. The summed E-state index contributed by atoms with van der Waals surface area (Å²) in [5.41, 5.74) is 0.535. The van der Waals surface area contributed by atoms with Gasteiger partial charge in [0, 0.05) is 11.4 Å². The summed E-state index contributed by atoms with van der Waals surface area (Å²) in [6.07, 6.45) is 1.89. The maximum atomic E-state index is 11.2. The van der Waals surface area contributed by atoms with Gasteiger partial charge >= 0.3 is 5.97 Å². The lowest BCUT2D eigenvalue weighted by atomic mass is 10.3. The molecule has 4 nitrogen and oxygen atoms in total. The average Bonchev–Trinajstić information content (AvgIpc) is 2.30. The molecule has 0 amide bonds. The number of thioether (sulfide) groups is 1. The topological polar surface area (TPSA) is 63.0 Å². The van der Waals surface area contributed by atoms with Gasteiger partial charge in [0.15, 0.2) is 0 Å². The fourth-order valence-corrected chi connectivity index (χ4v) is 2.11. The van der Waals surface area contributed by atoms with E-state index in [9.17, 15) is 4.79 Å². The molecule has 0 saturated heterocycles. The molecule has 0 fully saturated rings. The van der Waals surface area contributed by atoms with Crippen molar-refractivity contribution in [1.82, 2.24) is 4.98 Å². The van der Waals surface area contributed by atoms with Gasteiger partial charge in [0.25, 0.3) is 0 Å². The van der Waals surface area contributed by atoms with E-state index in [1.807, 2.05) is 13.0 Å². The maximum absolute atomic E-state index is 11.2. The van der Waals surface area contributed by atoms with Crippen LogP contribution in [0.1, 0.15) is 25.8 Å². The Bertz CT molecular complexity index is 412. The Kier molecular flexibility index (Phi) is 5.50. The molecule has 1 heterocycles. The maximum Gasteiger partial charge on any atom is 0.306 e. The second-order valence-electron chi connectivity index (χ2n) is 3.43. The van der Waals surface area contributed by atoms with Crippen molar-refractivity contribution in [2.45, 2.75) is 30.5 Å². The Hall–Kier alpha value is -1.54. The number of nitriles is 1. The molecule has 1 rings (SSSR count). The highest BCUT2D eigenvalue weighted by atomic mass is 32.2. The first kappa shape index (κ1) is 13.5. The van der Waals surface area contributed by atoms with Crippen LogP contribution in [0, 0.1) is 11.3 Å². The lowest BCUT2D eigenvalue weighted by molar-refractivity contribution is -0.142. The van der Waals surface area contributed by atoms with E-state index in [4.69, 9.17) is 10.00 Å². The minimum absolute atomic E-state index is 0.106. The van der Waals surface area contributed by atoms with Crippen LogP contribution in [0.2, 0.25) is 0 Å². The zero-order valence-electron chi connectivity index (χ0n) is 9.84. The van der Waals surface area contributed by atoms with Gasteiger partial charge in [-0.1, -0.05) is 6.92 Å². The van der Waals surface area contributed by atoms with Crippen LogP contribution < -0.4 is 0 Å². The van der Waals surface area contributed by atoms with E-state index >= 15 is 0 Å². The molecule has 0 radical (unpaired) electrons. The number of esters is 1. The number of ether oxygens (including phenoxy) is 1. The average molecular weight is 250 g/mol. The minimum Gasteiger partial charge on any atom is -0.466 e. The van der Waals surface area contributed by atoms with E-state index in [0.29, 0.717) is 18.6 Å². The Morgan fingerprint density at radius 3 is 2.94 bits per heavy atom. The third kappa shape index (κ3) is 4.87. The predicted molar refractivity (Wildman–Crippen MR) is 65.5 cm³/mol. The first-order valence-corrected chi connectivity index (χ1v) is 6.22. The molecule has 0 aromatic carbocycles. The van der Waals surface area contributed by atoms with Crippen LogP contribution in [0.3, 0.4) is 0 Å². The molecular weight excluding hydrogens is 236 g/mol. The number of hydrogen-bond donors (Lipinski definition) is 0. The number of aromatic nitrogens is 1. The highest BCUT2D eigenvalue weighted by Gasteiger charge is 2.11. The van der Waals surface area contributed by atoms with Gasteiger partial charge in [-0.3, -0.25) is 4.79 Å². The van der Waals surface area contributed by atoms with Crippen LogP contribution in [0.4, 0.5) is 0 Å². The fourth-order valence-electron chi connectivity index (χ4n) is 1.22. The molecule has 1 atom stereocenters. The van der Waals surface area contributed by atoms with Gasteiger partial charge in [0.2, 0.25) is 0 Å². The summed E-state index contributed by atoms with van der Waals surface area (Å²) in [7, 11) is 0. The first-order valence-electron chi connectivity index (χ1n) is 5.34. The third-order valence-electron chi connectivity index (χ3n) is 1.95. The molecule has 1 aromatic heterocycles. The Morgan fingerprint density at radius 2 is 2.41 bits per heavy atom. The Labute approximate surface area is 105 Å². The molecule has 5 heteroatoms. The van der Waals surface area contributed by atoms with Gasteiger partial charge in [-0.05, 0) is 19.1 Å². The largest absolute Gasteiger partial charge is 0.466 e. The van der Waals surface area contributed by atoms with Crippen LogP contribution in [-0.2, 0) is 9.53 Å². The SMILES string of the molecule is CCOC(=O)CC(C)Sc1ccc(C#N)cn1. The Balaban J connectivity index is 2.47. The summed E-state index contributed by atoms with van der Waals surface area (Å²) >= 11 is 1.50. The summed E-state index contributed by atoms with van der Waals surface area (Å²) in [5.74, 6) is -0.193. The molecule has 17 heavy (non-hydrogen) atoms. The van der Waals surface area contributed by atoms with E-state index in [1.165, 1.54) is 18.0 Å². The van der Waals surface area contributed by atoms with Crippen LogP contribution in [0.15, 0.2) is 23.4 Å². The fraction of sp³-hybridized carbons (Fsp3) is 0.417. The van der Waals surface area contributed by atoms with E-state index in [0.717, 1.165) is 5.03 Å². The monoisotopic (exact) mass is 250 g/mol. The van der Waals surface area contributed by atoms with Gasteiger partial charge in [-0.25, -0.2) is 4.98 Å².